The Balaban J connectivity index is 1.65. The summed E-state index contributed by atoms with van der Waals surface area (Å²) in [7, 11) is 0. The number of hydrogen-bond donors (Lipinski definition) is 1. The molecule has 0 bridgehead atoms. The molecule has 2 aliphatic rings. The summed E-state index contributed by atoms with van der Waals surface area (Å²) >= 11 is 0. The van der Waals surface area contributed by atoms with E-state index in [0.29, 0.717) is 11.8 Å². The second-order valence-electron chi connectivity index (χ2n) is 5.48. The highest BCUT2D eigenvalue weighted by Gasteiger charge is 2.38. The Bertz CT molecular complexity index is 386. The monoisotopic (exact) mass is 231 g/mol. The molecule has 2 N–H and O–H groups in total. The average molecular weight is 231 g/mol. The van der Waals surface area contributed by atoms with Gasteiger partial charge in [-0.2, -0.15) is 0 Å². The molecular formula is C15H21NO. The van der Waals surface area contributed by atoms with E-state index in [1.54, 1.807) is 0 Å². The molecule has 2 fully saturated rings. The van der Waals surface area contributed by atoms with Crippen molar-refractivity contribution in [2.75, 3.05) is 13.2 Å². The van der Waals surface area contributed by atoms with Gasteiger partial charge in [0, 0.05) is 0 Å². The van der Waals surface area contributed by atoms with Crippen LogP contribution in [0.25, 0.3) is 0 Å². The molecule has 0 saturated heterocycles. The topological polar surface area (TPSA) is 35.2 Å². The van der Waals surface area contributed by atoms with Crippen LogP contribution in [0.15, 0.2) is 24.3 Å². The summed E-state index contributed by atoms with van der Waals surface area (Å²) in [6.45, 7) is 1.71. The van der Waals surface area contributed by atoms with Crippen LogP contribution in [0.5, 0.6) is 5.75 Å². The Kier molecular flexibility index (Phi) is 3.06. The Morgan fingerprint density at radius 3 is 2.71 bits per heavy atom. The molecule has 0 heterocycles. The Morgan fingerprint density at radius 1 is 1.24 bits per heavy atom. The van der Waals surface area contributed by atoms with Crippen molar-refractivity contribution in [3.05, 3.63) is 29.8 Å². The first-order chi connectivity index (χ1) is 8.38. The summed E-state index contributed by atoms with van der Waals surface area (Å²) in [5.74, 6) is 3.23. The van der Waals surface area contributed by atoms with Crippen LogP contribution in [0.3, 0.4) is 0 Å². The fraction of sp³-hybridized carbons (Fsp3) is 0.600. The lowest BCUT2D eigenvalue weighted by molar-refractivity contribution is 0.179. The smallest absolute Gasteiger partial charge is 0.122 e. The Hall–Kier alpha value is -1.02. The first kappa shape index (κ1) is 11.1. The van der Waals surface area contributed by atoms with Gasteiger partial charge in [0.2, 0.25) is 0 Å². The molecule has 1 aromatic rings. The van der Waals surface area contributed by atoms with E-state index in [4.69, 9.17) is 10.5 Å². The molecule has 0 aromatic heterocycles. The average Bonchev–Trinajstić information content (AvgIpc) is 3.07. The summed E-state index contributed by atoms with van der Waals surface area (Å²) in [5, 5.41) is 0. The molecule has 0 unspecified atom stereocenters. The third-order valence-electron chi connectivity index (χ3n) is 4.24. The fourth-order valence-electron chi connectivity index (χ4n) is 2.67. The van der Waals surface area contributed by atoms with Crippen LogP contribution in [0.2, 0.25) is 0 Å². The minimum Gasteiger partial charge on any atom is -0.493 e. The molecule has 2 saturated carbocycles. The van der Waals surface area contributed by atoms with Crippen molar-refractivity contribution in [3.8, 4) is 5.75 Å². The summed E-state index contributed by atoms with van der Waals surface area (Å²) < 4.78 is 5.99. The van der Waals surface area contributed by atoms with E-state index in [2.05, 4.69) is 24.3 Å². The fourth-order valence-corrected chi connectivity index (χ4v) is 2.67. The normalized spacial score (nSPS) is 27.6. The molecular weight excluding hydrogens is 210 g/mol. The van der Waals surface area contributed by atoms with Gasteiger partial charge < -0.3 is 10.5 Å². The molecule has 1 aromatic carbocycles. The maximum Gasteiger partial charge on any atom is 0.122 e. The van der Waals surface area contributed by atoms with Crippen LogP contribution in [-0.2, 0) is 0 Å². The standard InChI is InChI=1S/C15H21NO/c16-9-12-8-14(12)13-6-1-2-7-15(13)17-10-11-4-3-5-11/h1-2,6-7,11-12,14H,3-5,8-10,16H2/t12-,14+/m1/s1. The SMILES string of the molecule is NC[C@H]1C[C@@H]1c1ccccc1OCC1CCC1. The van der Waals surface area contributed by atoms with Gasteiger partial charge in [-0.1, -0.05) is 24.6 Å². The predicted molar refractivity (Wildman–Crippen MR) is 69.2 cm³/mol. The van der Waals surface area contributed by atoms with Crippen molar-refractivity contribution < 1.29 is 4.74 Å². The number of hydrogen-bond acceptors (Lipinski definition) is 2. The van der Waals surface area contributed by atoms with E-state index >= 15 is 0 Å². The zero-order valence-electron chi connectivity index (χ0n) is 10.3. The van der Waals surface area contributed by atoms with Gasteiger partial charge in [-0.25, -0.2) is 0 Å². The van der Waals surface area contributed by atoms with Crippen LogP contribution in [0, 0.1) is 11.8 Å². The molecule has 0 aliphatic heterocycles. The van der Waals surface area contributed by atoms with Crippen molar-refractivity contribution in [2.45, 2.75) is 31.6 Å². The second-order valence-corrected chi connectivity index (χ2v) is 5.48. The molecule has 3 rings (SSSR count). The Labute approximate surface area is 103 Å². The highest BCUT2D eigenvalue weighted by molar-refractivity contribution is 5.39. The van der Waals surface area contributed by atoms with Gasteiger partial charge in [-0.15, -0.1) is 0 Å². The van der Waals surface area contributed by atoms with Crippen molar-refractivity contribution in [3.63, 3.8) is 0 Å². The number of nitrogens with two attached hydrogens (primary N) is 1. The van der Waals surface area contributed by atoms with Gasteiger partial charge >= 0.3 is 0 Å². The van der Waals surface area contributed by atoms with Crippen molar-refractivity contribution in [1.82, 2.24) is 0 Å². The zero-order valence-corrected chi connectivity index (χ0v) is 10.3. The third kappa shape index (κ3) is 2.32. The van der Waals surface area contributed by atoms with Gasteiger partial charge in [0.15, 0.2) is 0 Å². The summed E-state index contributed by atoms with van der Waals surface area (Å²) in [4.78, 5) is 0. The van der Waals surface area contributed by atoms with Crippen molar-refractivity contribution >= 4 is 0 Å². The number of ether oxygens (including phenoxy) is 1. The zero-order chi connectivity index (χ0) is 11.7. The molecule has 17 heavy (non-hydrogen) atoms. The van der Waals surface area contributed by atoms with Gasteiger partial charge in [0.05, 0.1) is 6.61 Å². The van der Waals surface area contributed by atoms with E-state index in [-0.39, 0.29) is 0 Å². The van der Waals surface area contributed by atoms with Crippen LogP contribution < -0.4 is 10.5 Å². The largest absolute Gasteiger partial charge is 0.493 e. The lowest BCUT2D eigenvalue weighted by Crippen LogP contribution is -2.19. The van der Waals surface area contributed by atoms with E-state index in [9.17, 15) is 0 Å². The molecule has 0 radical (unpaired) electrons. The molecule has 2 nitrogen and oxygen atoms in total. The number of benzene rings is 1. The second kappa shape index (κ2) is 4.69. The van der Waals surface area contributed by atoms with E-state index in [0.717, 1.165) is 24.8 Å². The third-order valence-corrected chi connectivity index (χ3v) is 4.24. The summed E-state index contributed by atoms with van der Waals surface area (Å²) in [6.07, 6.45) is 5.31. The van der Waals surface area contributed by atoms with Crippen LogP contribution in [0.1, 0.15) is 37.2 Å². The quantitative estimate of drug-likeness (QED) is 0.845. The van der Waals surface area contributed by atoms with Gasteiger partial charge in [0.1, 0.15) is 5.75 Å². The maximum atomic E-state index is 5.99. The van der Waals surface area contributed by atoms with Crippen molar-refractivity contribution in [2.24, 2.45) is 17.6 Å². The highest BCUT2D eigenvalue weighted by atomic mass is 16.5. The van der Waals surface area contributed by atoms with E-state index < -0.39 is 0 Å². The van der Waals surface area contributed by atoms with Gasteiger partial charge in [-0.3, -0.25) is 0 Å². The predicted octanol–water partition coefficient (Wildman–Crippen LogP) is 2.93. The molecule has 2 atom stereocenters. The number of rotatable bonds is 5. The van der Waals surface area contributed by atoms with Crippen molar-refractivity contribution in [1.29, 1.82) is 0 Å². The first-order valence-electron chi connectivity index (χ1n) is 6.80. The molecule has 2 heteroatoms. The van der Waals surface area contributed by atoms with Crippen LogP contribution in [-0.4, -0.2) is 13.2 Å². The molecule has 0 amide bonds. The van der Waals surface area contributed by atoms with Gasteiger partial charge in [0.25, 0.3) is 0 Å². The minimum absolute atomic E-state index is 0.651. The van der Waals surface area contributed by atoms with Crippen LogP contribution in [0.4, 0.5) is 0 Å². The van der Waals surface area contributed by atoms with E-state index in [1.807, 2.05) is 0 Å². The molecule has 0 spiro atoms. The molecule has 92 valence electrons. The molecule has 2 aliphatic carbocycles. The summed E-state index contributed by atoms with van der Waals surface area (Å²) in [5.41, 5.74) is 7.10. The Morgan fingerprint density at radius 2 is 2.06 bits per heavy atom. The van der Waals surface area contributed by atoms with Crippen LogP contribution >= 0.6 is 0 Å². The highest BCUT2D eigenvalue weighted by Crippen LogP contribution is 2.49. The maximum absolute atomic E-state index is 5.99. The first-order valence-corrected chi connectivity index (χ1v) is 6.80. The lowest BCUT2D eigenvalue weighted by Gasteiger charge is -2.25. The van der Waals surface area contributed by atoms with E-state index in [1.165, 1.54) is 31.2 Å². The lowest BCUT2D eigenvalue weighted by atomic mass is 9.86. The summed E-state index contributed by atoms with van der Waals surface area (Å²) in [6, 6.07) is 8.49. The van der Waals surface area contributed by atoms with Gasteiger partial charge in [-0.05, 0) is 55.2 Å². The number of para-hydroxylation sites is 1. The minimum atomic E-state index is 0.651.